The first-order valence-electron chi connectivity index (χ1n) is 11.8. The number of halogens is 1. The first-order valence-corrected chi connectivity index (χ1v) is 11.8. The smallest absolute Gasteiger partial charge is 0.414 e. The van der Waals surface area contributed by atoms with Crippen LogP contribution in [0, 0.1) is 11.7 Å². The molecular weight excluding hydrogens is 439 g/mol. The summed E-state index contributed by atoms with van der Waals surface area (Å²) in [5.41, 5.74) is 0.784. The summed E-state index contributed by atoms with van der Waals surface area (Å²) in [6, 6.07) is 6.99. The summed E-state index contributed by atoms with van der Waals surface area (Å²) in [5, 5.41) is 3.27. The van der Waals surface area contributed by atoms with E-state index in [4.69, 9.17) is 9.47 Å². The summed E-state index contributed by atoms with van der Waals surface area (Å²) in [7, 11) is 0. The number of hydrogen-bond acceptors (Lipinski definition) is 7. The minimum Gasteiger partial charge on any atom is -0.460 e. The summed E-state index contributed by atoms with van der Waals surface area (Å²) in [6.07, 6.45) is 4.60. The van der Waals surface area contributed by atoms with E-state index in [1.54, 1.807) is 24.3 Å². The minimum absolute atomic E-state index is 0.0148. The molecule has 2 atom stereocenters. The van der Waals surface area contributed by atoms with E-state index in [0.717, 1.165) is 31.9 Å². The number of nitrogens with one attached hydrogen (secondary N) is 1. The molecule has 1 saturated heterocycles. The lowest BCUT2D eigenvalue weighted by atomic mass is 9.85. The van der Waals surface area contributed by atoms with Gasteiger partial charge in [0.25, 0.3) is 0 Å². The molecule has 1 amide bonds. The molecule has 1 aliphatic heterocycles. The van der Waals surface area contributed by atoms with Gasteiger partial charge in [-0.15, -0.1) is 0 Å². The number of esters is 1. The van der Waals surface area contributed by atoms with Crippen LogP contribution < -0.4 is 10.2 Å². The Bertz CT molecular complexity index is 1060. The highest BCUT2D eigenvalue weighted by Gasteiger charge is 2.31. The van der Waals surface area contributed by atoms with Crippen LogP contribution >= 0.6 is 0 Å². The third kappa shape index (κ3) is 5.81. The van der Waals surface area contributed by atoms with Crippen molar-refractivity contribution in [2.24, 2.45) is 5.92 Å². The number of anilines is 2. The van der Waals surface area contributed by atoms with Gasteiger partial charge in [0, 0.05) is 23.8 Å². The molecule has 2 aromatic rings. The molecule has 182 valence electrons. The Morgan fingerprint density at radius 1 is 1.26 bits per heavy atom. The van der Waals surface area contributed by atoms with Gasteiger partial charge in [-0.1, -0.05) is 18.6 Å². The van der Waals surface area contributed by atoms with E-state index in [2.05, 4.69) is 15.3 Å². The first kappa shape index (κ1) is 23.9. The predicted molar refractivity (Wildman–Crippen MR) is 126 cm³/mol. The van der Waals surface area contributed by atoms with Crippen molar-refractivity contribution in [2.45, 2.75) is 64.5 Å². The maximum atomic E-state index is 14.7. The zero-order valence-electron chi connectivity index (χ0n) is 19.8. The quantitative estimate of drug-likeness (QED) is 0.619. The lowest BCUT2D eigenvalue weighted by Crippen LogP contribution is -2.37. The van der Waals surface area contributed by atoms with Gasteiger partial charge in [0.05, 0.1) is 18.7 Å². The number of amides is 1. The van der Waals surface area contributed by atoms with Crippen LogP contribution in [-0.4, -0.2) is 46.8 Å². The van der Waals surface area contributed by atoms with Crippen LogP contribution in [0.25, 0.3) is 11.3 Å². The van der Waals surface area contributed by atoms with Crippen LogP contribution in [0.3, 0.4) is 0 Å². The molecule has 0 radical (unpaired) electrons. The van der Waals surface area contributed by atoms with Gasteiger partial charge in [-0.3, -0.25) is 9.69 Å². The lowest BCUT2D eigenvalue weighted by molar-refractivity contribution is -0.161. The monoisotopic (exact) mass is 470 g/mol. The Morgan fingerprint density at radius 3 is 2.85 bits per heavy atom. The molecule has 2 aliphatic rings. The zero-order valence-corrected chi connectivity index (χ0v) is 19.8. The van der Waals surface area contributed by atoms with E-state index in [-0.39, 0.29) is 23.6 Å². The van der Waals surface area contributed by atoms with E-state index in [9.17, 15) is 14.0 Å². The number of carbonyl (C=O) groups is 2. The number of cyclic esters (lactones) is 1. The second-order valence-electron chi connectivity index (χ2n) is 9.80. The van der Waals surface area contributed by atoms with Gasteiger partial charge in [-0.2, -0.15) is 0 Å². The second kappa shape index (κ2) is 9.95. The van der Waals surface area contributed by atoms with Gasteiger partial charge in [-0.05, 0) is 58.6 Å². The van der Waals surface area contributed by atoms with Gasteiger partial charge in [0.2, 0.25) is 5.95 Å². The first-order chi connectivity index (χ1) is 16.2. The van der Waals surface area contributed by atoms with Gasteiger partial charge in [0.15, 0.2) is 5.82 Å². The highest BCUT2D eigenvalue weighted by atomic mass is 19.1. The number of nitrogens with zero attached hydrogens (tertiary/aromatic N) is 3. The molecule has 1 saturated carbocycles. The summed E-state index contributed by atoms with van der Waals surface area (Å²) in [5.74, 6) is -0.632. The fourth-order valence-electron chi connectivity index (χ4n) is 4.35. The van der Waals surface area contributed by atoms with Crippen LogP contribution in [0.2, 0.25) is 0 Å². The molecule has 9 heteroatoms. The van der Waals surface area contributed by atoms with E-state index in [1.807, 2.05) is 20.8 Å². The summed E-state index contributed by atoms with van der Waals surface area (Å²) >= 11 is 0. The molecule has 8 nitrogen and oxygen atoms in total. The number of benzene rings is 1. The second-order valence-corrected chi connectivity index (χ2v) is 9.80. The maximum absolute atomic E-state index is 14.7. The predicted octanol–water partition coefficient (Wildman–Crippen LogP) is 4.94. The summed E-state index contributed by atoms with van der Waals surface area (Å²) < 4.78 is 25.4. The van der Waals surface area contributed by atoms with Crippen molar-refractivity contribution >= 4 is 23.7 Å². The summed E-state index contributed by atoms with van der Waals surface area (Å²) in [4.78, 5) is 34.7. The third-order valence-electron chi connectivity index (χ3n) is 5.89. The van der Waals surface area contributed by atoms with E-state index < -0.39 is 17.5 Å². The zero-order chi connectivity index (χ0) is 24.3. The van der Waals surface area contributed by atoms with E-state index in [0.29, 0.717) is 36.8 Å². The van der Waals surface area contributed by atoms with Crippen LogP contribution in [0.5, 0.6) is 0 Å². The fraction of sp³-hybridized carbons (Fsp3) is 0.520. The van der Waals surface area contributed by atoms with Gasteiger partial charge < -0.3 is 14.8 Å². The molecule has 2 fully saturated rings. The number of carbonyl (C=O) groups excluding carboxylic acids is 2. The van der Waals surface area contributed by atoms with Crippen LogP contribution in [-0.2, 0) is 14.3 Å². The van der Waals surface area contributed by atoms with Crippen molar-refractivity contribution in [1.29, 1.82) is 0 Å². The van der Waals surface area contributed by atoms with Crippen molar-refractivity contribution in [3.8, 4) is 11.3 Å². The lowest BCUT2D eigenvalue weighted by Gasteiger charge is -2.30. The molecule has 1 aromatic carbocycles. The van der Waals surface area contributed by atoms with E-state index in [1.165, 1.54) is 4.90 Å². The van der Waals surface area contributed by atoms with Crippen molar-refractivity contribution in [3.63, 3.8) is 0 Å². The maximum Gasteiger partial charge on any atom is 0.414 e. The Balaban J connectivity index is 1.49. The van der Waals surface area contributed by atoms with Crippen molar-refractivity contribution in [2.75, 3.05) is 23.4 Å². The molecule has 34 heavy (non-hydrogen) atoms. The highest BCUT2D eigenvalue weighted by Crippen LogP contribution is 2.30. The number of aromatic nitrogens is 2. The fourth-order valence-corrected chi connectivity index (χ4v) is 4.35. The van der Waals surface area contributed by atoms with Crippen LogP contribution in [0.15, 0.2) is 30.5 Å². The largest absolute Gasteiger partial charge is 0.460 e. The standard InChI is InChI=1S/C25H31FN4O4/c1-25(2,3)34-22(31)17-8-4-9-18(13-17)28-23-27-15-20(26)21(29-23)16-7-5-10-19(14-16)30-11-6-12-33-24(30)32/h5,7,10,14-15,17-18H,4,6,8-9,11-13H2,1-3H3,(H,27,28,29)/t17-,18+/m1/s1. The number of hydrogen-bond donors (Lipinski definition) is 1. The number of rotatable bonds is 5. The molecule has 0 unspecified atom stereocenters. The average molecular weight is 471 g/mol. The van der Waals surface area contributed by atoms with Crippen molar-refractivity contribution in [3.05, 3.63) is 36.3 Å². The molecular formula is C25H31FN4O4. The molecule has 4 rings (SSSR count). The van der Waals surface area contributed by atoms with E-state index >= 15 is 0 Å². The molecule has 1 N–H and O–H groups in total. The van der Waals surface area contributed by atoms with Crippen LogP contribution in [0.1, 0.15) is 52.9 Å². The van der Waals surface area contributed by atoms with Gasteiger partial charge in [-0.25, -0.2) is 19.2 Å². The normalized spacial score (nSPS) is 21.1. The topological polar surface area (TPSA) is 93.6 Å². The molecule has 2 heterocycles. The Kier molecular flexibility index (Phi) is 7.00. The van der Waals surface area contributed by atoms with Gasteiger partial charge >= 0.3 is 12.1 Å². The third-order valence-corrected chi connectivity index (χ3v) is 5.89. The highest BCUT2D eigenvalue weighted by molar-refractivity contribution is 5.89. The molecule has 1 aliphatic carbocycles. The molecule has 1 aromatic heterocycles. The van der Waals surface area contributed by atoms with Crippen molar-refractivity contribution < 1.29 is 23.5 Å². The van der Waals surface area contributed by atoms with Crippen molar-refractivity contribution in [1.82, 2.24) is 9.97 Å². The summed E-state index contributed by atoms with van der Waals surface area (Å²) in [6.45, 7) is 6.53. The number of ether oxygens (including phenoxy) is 2. The average Bonchev–Trinajstić information content (AvgIpc) is 2.80. The molecule has 0 spiro atoms. The minimum atomic E-state index is -0.556. The van der Waals surface area contributed by atoms with Gasteiger partial charge in [0.1, 0.15) is 11.3 Å². The SMILES string of the molecule is CC(C)(C)OC(=O)[C@@H]1CCC[C@H](Nc2ncc(F)c(-c3cccc(N4CCCOC4=O)c3)n2)C1. The Hall–Kier alpha value is -3.23. The molecule has 0 bridgehead atoms. The Morgan fingerprint density at radius 2 is 2.09 bits per heavy atom. The Labute approximate surface area is 198 Å². The van der Waals surface area contributed by atoms with Crippen LogP contribution in [0.4, 0.5) is 20.8 Å².